The summed E-state index contributed by atoms with van der Waals surface area (Å²) in [5.74, 6) is -0.443. The van der Waals surface area contributed by atoms with Crippen molar-refractivity contribution >= 4 is 11.9 Å². The van der Waals surface area contributed by atoms with Gasteiger partial charge in [0.2, 0.25) is 5.91 Å². The Balaban J connectivity index is 2.64. The van der Waals surface area contributed by atoms with Gasteiger partial charge in [-0.05, 0) is 24.1 Å². The van der Waals surface area contributed by atoms with Crippen molar-refractivity contribution in [2.24, 2.45) is 0 Å². The number of nitrogens with one attached hydrogen (secondary N) is 1. The highest BCUT2D eigenvalue weighted by atomic mass is 19.1. The Morgan fingerprint density at radius 2 is 1.82 bits per heavy atom. The largest absolute Gasteiger partial charge is 0.337 e. The van der Waals surface area contributed by atoms with Crippen LogP contribution in [0.3, 0.4) is 0 Å². The molecule has 0 aliphatic carbocycles. The molecule has 0 aliphatic rings. The number of hydrogen-bond acceptors (Lipinski definition) is 2. The van der Waals surface area contributed by atoms with Crippen LogP contribution in [0, 0.1) is 5.82 Å². The molecule has 0 saturated heterocycles. The Morgan fingerprint density at radius 3 is 2.36 bits per heavy atom. The van der Waals surface area contributed by atoms with Gasteiger partial charge < -0.3 is 15.1 Å². The number of urea groups is 1. The standard InChI is InChI=1S/C16H24FN3O2/c1-4-5-10-20(12-13-6-8-14(17)9-7-13)15(21)11-18-16(22)19(2)3/h6-9H,4-5,10-12H2,1-3H3,(H,18,22). The minimum Gasteiger partial charge on any atom is -0.337 e. The Labute approximate surface area is 131 Å². The molecule has 1 aromatic carbocycles. The van der Waals surface area contributed by atoms with Crippen LogP contribution in [0.2, 0.25) is 0 Å². The van der Waals surface area contributed by atoms with Crippen molar-refractivity contribution in [3.8, 4) is 0 Å². The van der Waals surface area contributed by atoms with E-state index in [2.05, 4.69) is 5.32 Å². The van der Waals surface area contributed by atoms with E-state index in [0.717, 1.165) is 18.4 Å². The summed E-state index contributed by atoms with van der Waals surface area (Å²) in [7, 11) is 3.24. The summed E-state index contributed by atoms with van der Waals surface area (Å²) in [4.78, 5) is 26.8. The number of carbonyl (C=O) groups excluding carboxylic acids is 2. The van der Waals surface area contributed by atoms with Gasteiger partial charge in [-0.1, -0.05) is 25.5 Å². The highest BCUT2D eigenvalue weighted by molar-refractivity contribution is 5.83. The van der Waals surface area contributed by atoms with Crippen molar-refractivity contribution in [1.82, 2.24) is 15.1 Å². The zero-order valence-electron chi connectivity index (χ0n) is 13.4. The van der Waals surface area contributed by atoms with Gasteiger partial charge in [0.1, 0.15) is 5.82 Å². The van der Waals surface area contributed by atoms with Gasteiger partial charge in [-0.3, -0.25) is 4.79 Å². The third-order valence-electron chi connectivity index (χ3n) is 3.22. The van der Waals surface area contributed by atoms with Crippen molar-refractivity contribution in [1.29, 1.82) is 0 Å². The molecule has 3 amide bonds. The van der Waals surface area contributed by atoms with E-state index >= 15 is 0 Å². The predicted octanol–water partition coefficient (Wildman–Crippen LogP) is 2.23. The van der Waals surface area contributed by atoms with Crippen LogP contribution < -0.4 is 5.32 Å². The van der Waals surface area contributed by atoms with Crippen LogP contribution in [-0.4, -0.2) is 48.9 Å². The molecule has 0 aliphatic heterocycles. The van der Waals surface area contributed by atoms with Crippen molar-refractivity contribution in [3.63, 3.8) is 0 Å². The van der Waals surface area contributed by atoms with E-state index in [-0.39, 0.29) is 24.3 Å². The zero-order chi connectivity index (χ0) is 16.5. The fraction of sp³-hybridized carbons (Fsp3) is 0.500. The van der Waals surface area contributed by atoms with Gasteiger partial charge in [-0.15, -0.1) is 0 Å². The summed E-state index contributed by atoms with van der Waals surface area (Å²) < 4.78 is 12.9. The van der Waals surface area contributed by atoms with E-state index in [9.17, 15) is 14.0 Å². The van der Waals surface area contributed by atoms with Gasteiger partial charge in [0.25, 0.3) is 0 Å². The van der Waals surface area contributed by atoms with Crippen LogP contribution in [0.25, 0.3) is 0 Å². The molecule has 0 heterocycles. The number of hydrogen-bond donors (Lipinski definition) is 1. The van der Waals surface area contributed by atoms with Crippen LogP contribution >= 0.6 is 0 Å². The average Bonchev–Trinajstić information content (AvgIpc) is 2.50. The van der Waals surface area contributed by atoms with Crippen molar-refractivity contribution in [3.05, 3.63) is 35.6 Å². The number of benzene rings is 1. The maximum absolute atomic E-state index is 12.9. The first-order valence-corrected chi connectivity index (χ1v) is 7.41. The molecule has 0 saturated carbocycles. The van der Waals surface area contributed by atoms with Crippen LogP contribution in [0.1, 0.15) is 25.3 Å². The second-order valence-electron chi connectivity index (χ2n) is 5.35. The lowest BCUT2D eigenvalue weighted by Crippen LogP contribution is -2.43. The molecule has 0 radical (unpaired) electrons. The molecule has 6 heteroatoms. The number of halogens is 1. The topological polar surface area (TPSA) is 52.7 Å². The van der Waals surface area contributed by atoms with Gasteiger partial charge in [0.15, 0.2) is 0 Å². The van der Waals surface area contributed by atoms with E-state index in [4.69, 9.17) is 0 Å². The van der Waals surface area contributed by atoms with Gasteiger partial charge >= 0.3 is 6.03 Å². The van der Waals surface area contributed by atoms with Crippen LogP contribution in [0.15, 0.2) is 24.3 Å². The molecule has 5 nitrogen and oxygen atoms in total. The Kier molecular flexibility index (Phi) is 7.36. The summed E-state index contributed by atoms with van der Waals surface area (Å²) >= 11 is 0. The second kappa shape index (κ2) is 9.02. The number of carbonyl (C=O) groups is 2. The van der Waals surface area contributed by atoms with E-state index in [1.807, 2.05) is 6.92 Å². The lowest BCUT2D eigenvalue weighted by molar-refractivity contribution is -0.130. The van der Waals surface area contributed by atoms with E-state index in [0.29, 0.717) is 13.1 Å². The molecule has 22 heavy (non-hydrogen) atoms. The first-order chi connectivity index (χ1) is 10.4. The normalized spacial score (nSPS) is 10.2. The fourth-order valence-corrected chi connectivity index (χ4v) is 1.87. The molecule has 122 valence electrons. The first-order valence-electron chi connectivity index (χ1n) is 7.41. The maximum atomic E-state index is 12.9. The van der Waals surface area contributed by atoms with Crippen LogP contribution in [-0.2, 0) is 11.3 Å². The van der Waals surface area contributed by atoms with E-state index < -0.39 is 0 Å². The average molecular weight is 309 g/mol. The highest BCUT2D eigenvalue weighted by Crippen LogP contribution is 2.08. The molecule has 1 aromatic rings. The van der Waals surface area contributed by atoms with E-state index in [1.54, 1.807) is 31.1 Å². The van der Waals surface area contributed by atoms with Crippen LogP contribution in [0.4, 0.5) is 9.18 Å². The first kappa shape index (κ1) is 17.9. The van der Waals surface area contributed by atoms with Crippen LogP contribution in [0.5, 0.6) is 0 Å². The lowest BCUT2D eigenvalue weighted by Gasteiger charge is -2.23. The predicted molar refractivity (Wildman–Crippen MR) is 83.8 cm³/mol. The molecule has 1 N–H and O–H groups in total. The zero-order valence-corrected chi connectivity index (χ0v) is 13.4. The smallest absolute Gasteiger partial charge is 0.317 e. The number of unbranched alkanes of at least 4 members (excludes halogenated alkanes) is 1. The summed E-state index contributed by atoms with van der Waals surface area (Å²) in [6, 6.07) is 5.79. The molecular weight excluding hydrogens is 285 g/mol. The lowest BCUT2D eigenvalue weighted by atomic mass is 10.2. The molecule has 0 bridgehead atoms. The summed E-state index contributed by atoms with van der Waals surface area (Å²) in [6.07, 6.45) is 1.85. The molecule has 0 atom stereocenters. The van der Waals surface area contributed by atoms with Gasteiger partial charge in [0.05, 0.1) is 6.54 Å². The summed E-state index contributed by atoms with van der Waals surface area (Å²) in [5.41, 5.74) is 0.866. The Bertz CT molecular complexity index is 489. The molecular formula is C16H24FN3O2. The number of rotatable bonds is 7. The SMILES string of the molecule is CCCCN(Cc1ccc(F)cc1)C(=O)CNC(=O)N(C)C. The summed E-state index contributed by atoms with van der Waals surface area (Å²) in [5, 5.41) is 2.57. The maximum Gasteiger partial charge on any atom is 0.317 e. The minimum absolute atomic E-state index is 0.0398. The van der Waals surface area contributed by atoms with E-state index in [1.165, 1.54) is 17.0 Å². The monoisotopic (exact) mass is 309 g/mol. The molecule has 0 fully saturated rings. The van der Waals surface area contributed by atoms with Crippen molar-refractivity contribution in [2.75, 3.05) is 27.2 Å². The van der Waals surface area contributed by atoms with Crippen molar-refractivity contribution < 1.29 is 14.0 Å². The highest BCUT2D eigenvalue weighted by Gasteiger charge is 2.15. The fourth-order valence-electron chi connectivity index (χ4n) is 1.87. The van der Waals surface area contributed by atoms with Gasteiger partial charge in [-0.2, -0.15) is 0 Å². The molecule has 1 rings (SSSR count). The van der Waals surface area contributed by atoms with Gasteiger partial charge in [0, 0.05) is 27.2 Å². The molecule has 0 aromatic heterocycles. The summed E-state index contributed by atoms with van der Waals surface area (Å²) in [6.45, 7) is 3.04. The third kappa shape index (κ3) is 6.11. The van der Waals surface area contributed by atoms with Gasteiger partial charge in [-0.25, -0.2) is 9.18 Å². The third-order valence-corrected chi connectivity index (χ3v) is 3.22. The number of amides is 3. The molecule has 0 unspecified atom stereocenters. The second-order valence-corrected chi connectivity index (χ2v) is 5.35. The Hall–Kier alpha value is -2.11. The Morgan fingerprint density at radius 1 is 1.18 bits per heavy atom. The quantitative estimate of drug-likeness (QED) is 0.840. The molecule has 0 spiro atoms. The minimum atomic E-state index is -0.300. The van der Waals surface area contributed by atoms with Crippen molar-refractivity contribution in [2.45, 2.75) is 26.3 Å². The number of nitrogens with zero attached hydrogens (tertiary/aromatic N) is 2.